The minimum absolute atomic E-state index is 0.0735. The van der Waals surface area contributed by atoms with Crippen LogP contribution in [0.25, 0.3) is 34.2 Å². The van der Waals surface area contributed by atoms with Crippen LogP contribution in [0.3, 0.4) is 0 Å². The summed E-state index contributed by atoms with van der Waals surface area (Å²) in [5.74, 6) is 2.73. The molecule has 0 unspecified atom stereocenters. The van der Waals surface area contributed by atoms with Crippen molar-refractivity contribution in [3.05, 3.63) is 96.6 Å². The van der Waals surface area contributed by atoms with E-state index in [4.69, 9.17) is 9.97 Å². The first kappa shape index (κ1) is 25.1. The number of para-hydroxylation sites is 4. The Hall–Kier alpha value is -3.99. The van der Waals surface area contributed by atoms with E-state index < -0.39 is 0 Å². The van der Waals surface area contributed by atoms with Crippen LogP contribution < -0.4 is 0 Å². The van der Waals surface area contributed by atoms with E-state index >= 15 is 0 Å². The second-order valence-electron chi connectivity index (χ2n) is 9.77. The van der Waals surface area contributed by atoms with Gasteiger partial charge in [0, 0.05) is 13.1 Å². The molecule has 4 rings (SSSR count). The Bertz CT molecular complexity index is 1350. The number of carbonyl (C=O) groups is 1. The molecule has 0 saturated carbocycles. The van der Waals surface area contributed by atoms with Gasteiger partial charge in [-0.25, -0.2) is 9.97 Å². The summed E-state index contributed by atoms with van der Waals surface area (Å²) in [5, 5.41) is 0. The molecule has 0 saturated heterocycles. The van der Waals surface area contributed by atoms with Gasteiger partial charge in [0.1, 0.15) is 11.6 Å². The number of imidazole rings is 2. The molecule has 0 aliphatic heterocycles. The maximum atomic E-state index is 12.3. The van der Waals surface area contributed by atoms with Crippen LogP contribution in [-0.4, -0.2) is 24.9 Å². The molecule has 4 aromatic rings. The maximum absolute atomic E-state index is 12.3. The monoisotopic (exact) mass is 478 g/mol. The molecular formula is C31H34N4O. The lowest BCUT2D eigenvalue weighted by Crippen LogP contribution is -2.06. The lowest BCUT2D eigenvalue weighted by Gasteiger charge is -2.09. The van der Waals surface area contributed by atoms with Crippen molar-refractivity contribution in [2.24, 2.45) is 11.8 Å². The predicted molar refractivity (Wildman–Crippen MR) is 150 cm³/mol. The summed E-state index contributed by atoms with van der Waals surface area (Å²) in [6.45, 7) is 10.6. The molecule has 0 N–H and O–H groups in total. The fourth-order valence-corrected chi connectivity index (χ4v) is 4.20. The zero-order chi connectivity index (χ0) is 25.5. The average molecular weight is 479 g/mol. The molecule has 0 bridgehead atoms. The summed E-state index contributed by atoms with van der Waals surface area (Å²) in [4.78, 5) is 21.8. The molecular weight excluding hydrogens is 444 g/mol. The summed E-state index contributed by atoms with van der Waals surface area (Å²) < 4.78 is 4.45. The third-order valence-electron chi connectivity index (χ3n) is 5.70. The number of allylic oxidation sites excluding steroid dienone is 6. The van der Waals surface area contributed by atoms with Gasteiger partial charge in [-0.15, -0.1) is 0 Å². The van der Waals surface area contributed by atoms with Crippen LogP contribution in [0, 0.1) is 11.8 Å². The molecule has 0 atom stereocenters. The van der Waals surface area contributed by atoms with E-state index in [-0.39, 0.29) is 5.78 Å². The molecule has 36 heavy (non-hydrogen) atoms. The Balaban J connectivity index is 1.41. The summed E-state index contributed by atoms with van der Waals surface area (Å²) in [6, 6.07) is 16.3. The first-order valence-corrected chi connectivity index (χ1v) is 12.6. The Morgan fingerprint density at radius 1 is 0.694 bits per heavy atom. The molecule has 0 aliphatic rings. The van der Waals surface area contributed by atoms with E-state index in [0.29, 0.717) is 11.8 Å². The summed E-state index contributed by atoms with van der Waals surface area (Å²) in [6.07, 6.45) is 14.3. The molecule has 2 aromatic heterocycles. The van der Waals surface area contributed by atoms with Gasteiger partial charge < -0.3 is 9.13 Å². The zero-order valence-corrected chi connectivity index (χ0v) is 21.5. The van der Waals surface area contributed by atoms with E-state index in [2.05, 4.69) is 49.0 Å². The third-order valence-corrected chi connectivity index (χ3v) is 5.70. The van der Waals surface area contributed by atoms with E-state index in [9.17, 15) is 4.79 Å². The second kappa shape index (κ2) is 11.6. The number of carbonyl (C=O) groups excluding carboxylic acids is 1. The highest BCUT2D eigenvalue weighted by atomic mass is 16.1. The minimum Gasteiger partial charge on any atom is -0.324 e. The minimum atomic E-state index is -0.0735. The largest absolute Gasteiger partial charge is 0.324 e. The summed E-state index contributed by atoms with van der Waals surface area (Å²) >= 11 is 0. The van der Waals surface area contributed by atoms with Gasteiger partial charge in [-0.3, -0.25) is 4.79 Å². The van der Waals surface area contributed by atoms with Crippen molar-refractivity contribution in [1.29, 1.82) is 0 Å². The number of aromatic nitrogens is 4. The van der Waals surface area contributed by atoms with Crippen LogP contribution in [0.2, 0.25) is 0 Å². The fourth-order valence-electron chi connectivity index (χ4n) is 4.20. The molecule has 2 aromatic carbocycles. The van der Waals surface area contributed by atoms with Gasteiger partial charge in [0.15, 0.2) is 5.78 Å². The second-order valence-corrected chi connectivity index (χ2v) is 9.77. The van der Waals surface area contributed by atoms with Crippen LogP contribution in [0.1, 0.15) is 39.3 Å². The van der Waals surface area contributed by atoms with Crippen LogP contribution in [-0.2, 0) is 17.9 Å². The first-order chi connectivity index (χ1) is 17.4. The van der Waals surface area contributed by atoms with Crippen molar-refractivity contribution in [3.8, 4) is 0 Å². The Kier molecular flexibility index (Phi) is 8.11. The van der Waals surface area contributed by atoms with Crippen molar-refractivity contribution in [2.75, 3.05) is 0 Å². The van der Waals surface area contributed by atoms with Crippen molar-refractivity contribution < 1.29 is 4.79 Å². The highest BCUT2D eigenvalue weighted by molar-refractivity contribution is 5.99. The van der Waals surface area contributed by atoms with Gasteiger partial charge in [-0.1, -0.05) is 76.3 Å². The Morgan fingerprint density at radius 2 is 1.11 bits per heavy atom. The van der Waals surface area contributed by atoms with Crippen LogP contribution in [0.5, 0.6) is 0 Å². The van der Waals surface area contributed by atoms with E-state index in [1.807, 2.05) is 60.7 Å². The molecule has 5 heteroatoms. The van der Waals surface area contributed by atoms with Crippen LogP contribution in [0.15, 0.2) is 85.0 Å². The zero-order valence-electron chi connectivity index (χ0n) is 21.5. The molecule has 184 valence electrons. The first-order valence-electron chi connectivity index (χ1n) is 12.6. The molecule has 0 fully saturated rings. The number of ketones is 1. The fraction of sp³-hybridized carbons (Fsp3) is 0.258. The van der Waals surface area contributed by atoms with E-state index in [1.54, 1.807) is 24.3 Å². The van der Waals surface area contributed by atoms with Crippen LogP contribution >= 0.6 is 0 Å². The van der Waals surface area contributed by atoms with Gasteiger partial charge >= 0.3 is 0 Å². The molecule has 0 spiro atoms. The van der Waals surface area contributed by atoms with Gasteiger partial charge in [-0.2, -0.15) is 0 Å². The molecule has 0 aliphatic carbocycles. The maximum Gasteiger partial charge on any atom is 0.178 e. The number of rotatable bonds is 10. The topological polar surface area (TPSA) is 52.7 Å². The normalized spacial score (nSPS) is 12.8. The predicted octanol–water partition coefficient (Wildman–Crippen LogP) is 7.11. The standard InChI is InChI=1S/C31H34N4O/c1-23(2)21-34-28-17-9-7-15-26(28)32-30(34)19-11-5-13-25(36)14-6-12-20-31-33-27-16-8-10-18-29(27)35(31)22-24(3)4/h5-20,23-24H,21-22H2,1-4H3/b13-5+,14-6+,19-11+,20-12+. The average Bonchev–Trinajstić information content (AvgIpc) is 3.37. The van der Waals surface area contributed by atoms with E-state index in [1.165, 1.54) is 0 Å². The number of benzene rings is 2. The van der Waals surface area contributed by atoms with E-state index in [0.717, 1.165) is 46.8 Å². The third kappa shape index (κ3) is 6.16. The van der Waals surface area contributed by atoms with Crippen molar-refractivity contribution in [1.82, 2.24) is 19.1 Å². The van der Waals surface area contributed by atoms with Gasteiger partial charge in [0.05, 0.1) is 22.1 Å². The quantitative estimate of drug-likeness (QED) is 0.180. The molecule has 2 heterocycles. The molecule has 0 radical (unpaired) electrons. The Labute approximate surface area is 213 Å². The number of nitrogens with zero attached hydrogens (tertiary/aromatic N) is 4. The lowest BCUT2D eigenvalue weighted by atomic mass is 10.2. The smallest absolute Gasteiger partial charge is 0.178 e. The van der Waals surface area contributed by atoms with Gasteiger partial charge in [-0.05, 0) is 60.4 Å². The van der Waals surface area contributed by atoms with Crippen molar-refractivity contribution in [3.63, 3.8) is 0 Å². The van der Waals surface area contributed by atoms with Gasteiger partial charge in [0.25, 0.3) is 0 Å². The Morgan fingerprint density at radius 3 is 1.53 bits per heavy atom. The lowest BCUT2D eigenvalue weighted by molar-refractivity contribution is -0.110. The molecule has 5 nitrogen and oxygen atoms in total. The summed E-state index contributed by atoms with van der Waals surface area (Å²) in [7, 11) is 0. The SMILES string of the molecule is CC(C)Cn1c(/C=C/C=C/C(=O)/C=C/C=C/c2nc3ccccc3n2CC(C)C)nc2ccccc21. The van der Waals surface area contributed by atoms with Crippen molar-refractivity contribution in [2.45, 2.75) is 40.8 Å². The number of hydrogen-bond acceptors (Lipinski definition) is 3. The summed E-state index contributed by atoms with van der Waals surface area (Å²) in [5.41, 5.74) is 4.22. The molecule has 0 amide bonds. The highest BCUT2D eigenvalue weighted by Gasteiger charge is 2.10. The van der Waals surface area contributed by atoms with Crippen LogP contribution in [0.4, 0.5) is 0 Å². The highest BCUT2D eigenvalue weighted by Crippen LogP contribution is 2.20. The number of fused-ring (bicyclic) bond motifs is 2. The van der Waals surface area contributed by atoms with Crippen molar-refractivity contribution >= 4 is 40.0 Å². The number of hydrogen-bond donors (Lipinski definition) is 0. The van der Waals surface area contributed by atoms with Gasteiger partial charge in [0.2, 0.25) is 0 Å².